The number of aromatic nitrogens is 1. The summed E-state index contributed by atoms with van der Waals surface area (Å²) in [6, 6.07) is 11.9. The number of methoxy groups -OCH3 is 3. The number of para-hydroxylation sites is 1. The number of carbonyl (C=O) groups is 1. The summed E-state index contributed by atoms with van der Waals surface area (Å²) < 4.78 is 70.6. The van der Waals surface area contributed by atoms with Crippen LogP contribution in [0.2, 0.25) is 0 Å². The van der Waals surface area contributed by atoms with E-state index in [0.717, 1.165) is 7.11 Å². The zero-order valence-electron chi connectivity index (χ0n) is 20.4. The molecule has 0 aliphatic carbocycles. The highest BCUT2D eigenvalue weighted by molar-refractivity contribution is 5.92. The van der Waals surface area contributed by atoms with Gasteiger partial charge in [0.2, 0.25) is 5.88 Å². The van der Waals surface area contributed by atoms with E-state index in [-0.39, 0.29) is 12.3 Å². The molecule has 2 aromatic carbocycles. The lowest BCUT2D eigenvalue weighted by atomic mass is 9.89. The molecule has 36 heavy (non-hydrogen) atoms. The van der Waals surface area contributed by atoms with Gasteiger partial charge in [-0.05, 0) is 26.0 Å². The van der Waals surface area contributed by atoms with Crippen molar-refractivity contribution in [2.45, 2.75) is 43.8 Å². The van der Waals surface area contributed by atoms with Crippen LogP contribution in [0.15, 0.2) is 48.5 Å². The third kappa shape index (κ3) is 3.99. The lowest BCUT2D eigenvalue weighted by Crippen LogP contribution is -2.56. The van der Waals surface area contributed by atoms with E-state index < -0.39 is 35.0 Å². The Hall–Kier alpha value is -3.53. The first-order valence-electron chi connectivity index (χ1n) is 11.1. The SMILES string of the molecule is COc1c2c(nc3c(OC)cccc13)OC(C)(C)[C@@H](OC(=O)[C@](OC)(c1ccccc1)C(F)(F)F)C2. The van der Waals surface area contributed by atoms with E-state index in [1.807, 2.05) is 0 Å². The molecule has 7 nitrogen and oxygen atoms in total. The second-order valence-corrected chi connectivity index (χ2v) is 8.84. The molecule has 0 fully saturated rings. The number of halogens is 3. The van der Waals surface area contributed by atoms with Crippen molar-refractivity contribution >= 4 is 16.9 Å². The van der Waals surface area contributed by atoms with Crippen LogP contribution in [-0.2, 0) is 26.3 Å². The van der Waals surface area contributed by atoms with Gasteiger partial charge in [0.15, 0.2) is 0 Å². The average molecular weight is 505 g/mol. The van der Waals surface area contributed by atoms with Crippen LogP contribution < -0.4 is 14.2 Å². The van der Waals surface area contributed by atoms with Crippen molar-refractivity contribution in [3.05, 3.63) is 59.7 Å². The normalized spacial score (nSPS) is 18.5. The number of hydrogen-bond donors (Lipinski definition) is 0. The minimum absolute atomic E-state index is 0.00381. The predicted octanol–water partition coefficient (Wildman–Crippen LogP) is 4.98. The summed E-state index contributed by atoms with van der Waals surface area (Å²) in [5.74, 6) is -0.468. The van der Waals surface area contributed by atoms with Gasteiger partial charge in [0, 0.05) is 24.5 Å². The quantitative estimate of drug-likeness (QED) is 0.438. The number of nitrogens with zero attached hydrogens (tertiary/aromatic N) is 1. The lowest BCUT2D eigenvalue weighted by molar-refractivity contribution is -0.280. The number of benzene rings is 2. The van der Waals surface area contributed by atoms with Crippen LogP contribution in [0.25, 0.3) is 10.9 Å². The van der Waals surface area contributed by atoms with Gasteiger partial charge in [-0.25, -0.2) is 9.78 Å². The number of esters is 1. The van der Waals surface area contributed by atoms with Gasteiger partial charge in [-0.3, -0.25) is 0 Å². The van der Waals surface area contributed by atoms with Gasteiger partial charge in [0.1, 0.15) is 28.7 Å². The second kappa shape index (κ2) is 9.16. The molecule has 0 N–H and O–H groups in total. The summed E-state index contributed by atoms with van der Waals surface area (Å²) in [5, 5.41) is 0.620. The van der Waals surface area contributed by atoms with E-state index in [1.165, 1.54) is 38.5 Å². The molecule has 0 saturated heterocycles. The van der Waals surface area contributed by atoms with Gasteiger partial charge in [0.25, 0.3) is 5.60 Å². The van der Waals surface area contributed by atoms with Gasteiger partial charge in [-0.2, -0.15) is 13.2 Å². The van der Waals surface area contributed by atoms with E-state index in [4.69, 9.17) is 23.7 Å². The van der Waals surface area contributed by atoms with Crippen LogP contribution >= 0.6 is 0 Å². The Bertz CT molecular complexity index is 1280. The van der Waals surface area contributed by atoms with Crippen molar-refractivity contribution in [2.24, 2.45) is 0 Å². The molecule has 0 bridgehead atoms. The summed E-state index contributed by atoms with van der Waals surface area (Å²) in [6.07, 6.45) is -6.20. The maximum Gasteiger partial charge on any atom is 0.432 e. The Morgan fingerprint density at radius 2 is 1.72 bits per heavy atom. The summed E-state index contributed by atoms with van der Waals surface area (Å²) in [5.41, 5.74) is -3.97. The molecule has 0 radical (unpaired) electrons. The third-order valence-electron chi connectivity index (χ3n) is 6.36. The van der Waals surface area contributed by atoms with Crippen LogP contribution in [0, 0.1) is 0 Å². The summed E-state index contributed by atoms with van der Waals surface area (Å²) in [6.45, 7) is 3.22. The maximum atomic E-state index is 14.4. The minimum atomic E-state index is -5.09. The van der Waals surface area contributed by atoms with Crippen molar-refractivity contribution < 1.29 is 41.7 Å². The van der Waals surface area contributed by atoms with Crippen LogP contribution in [0.3, 0.4) is 0 Å². The monoisotopic (exact) mass is 505 g/mol. The number of carbonyl (C=O) groups excluding carboxylic acids is 1. The molecular formula is C26H26F3NO6. The first-order chi connectivity index (χ1) is 17.0. The Morgan fingerprint density at radius 1 is 1.03 bits per heavy atom. The van der Waals surface area contributed by atoms with E-state index in [0.29, 0.717) is 28.0 Å². The van der Waals surface area contributed by atoms with E-state index in [2.05, 4.69) is 4.98 Å². The Balaban J connectivity index is 1.78. The molecule has 1 aliphatic rings. The molecule has 4 rings (SSSR count). The standard InChI is InChI=1S/C26H26F3NO6/c1-24(2)19(35-23(31)25(34-5,26(27,28)29)15-10-7-6-8-11-15)14-17-21(33-4)16-12-9-13-18(32-3)20(16)30-22(17)36-24/h6-13,19H,14H2,1-5H3/t19-,25+/m0/s1. The summed E-state index contributed by atoms with van der Waals surface area (Å²) in [4.78, 5) is 17.9. The molecule has 192 valence electrons. The maximum absolute atomic E-state index is 14.4. The molecule has 0 unspecified atom stereocenters. The molecule has 10 heteroatoms. The van der Waals surface area contributed by atoms with Crippen LogP contribution in [0.4, 0.5) is 13.2 Å². The van der Waals surface area contributed by atoms with Crippen LogP contribution in [-0.4, -0.2) is 50.2 Å². The summed E-state index contributed by atoms with van der Waals surface area (Å²) in [7, 11) is 3.80. The molecule has 1 aliphatic heterocycles. The van der Waals surface area contributed by atoms with Gasteiger partial charge in [0.05, 0.1) is 19.8 Å². The zero-order chi connectivity index (χ0) is 26.3. The van der Waals surface area contributed by atoms with Crippen LogP contribution in [0.1, 0.15) is 25.0 Å². The highest BCUT2D eigenvalue weighted by Gasteiger charge is 2.65. The van der Waals surface area contributed by atoms with Gasteiger partial charge >= 0.3 is 12.1 Å². The molecule has 2 atom stereocenters. The van der Waals surface area contributed by atoms with E-state index in [9.17, 15) is 18.0 Å². The van der Waals surface area contributed by atoms with Crippen LogP contribution in [0.5, 0.6) is 17.4 Å². The Kier molecular flexibility index (Phi) is 6.51. The molecule has 0 spiro atoms. The van der Waals surface area contributed by atoms with Crippen molar-refractivity contribution in [3.8, 4) is 17.4 Å². The molecule has 0 amide bonds. The van der Waals surface area contributed by atoms with Crippen molar-refractivity contribution in [1.82, 2.24) is 4.98 Å². The molecular weight excluding hydrogens is 479 g/mol. The number of pyridine rings is 1. The molecule has 1 aromatic heterocycles. The largest absolute Gasteiger partial charge is 0.496 e. The van der Waals surface area contributed by atoms with Gasteiger partial charge in [-0.15, -0.1) is 0 Å². The summed E-state index contributed by atoms with van der Waals surface area (Å²) >= 11 is 0. The Morgan fingerprint density at radius 3 is 2.31 bits per heavy atom. The van der Waals surface area contributed by atoms with Gasteiger partial charge < -0.3 is 23.7 Å². The second-order valence-electron chi connectivity index (χ2n) is 8.84. The number of fused-ring (bicyclic) bond motifs is 2. The van der Waals surface area contributed by atoms with E-state index >= 15 is 0 Å². The smallest absolute Gasteiger partial charge is 0.432 e. The highest BCUT2D eigenvalue weighted by Crippen LogP contribution is 2.46. The molecule has 2 heterocycles. The molecule has 0 saturated carbocycles. The number of rotatable bonds is 6. The zero-order valence-corrected chi connectivity index (χ0v) is 20.4. The average Bonchev–Trinajstić information content (AvgIpc) is 2.83. The fraction of sp³-hybridized carbons (Fsp3) is 0.385. The first-order valence-corrected chi connectivity index (χ1v) is 11.1. The number of alkyl halides is 3. The van der Waals surface area contributed by atoms with Crippen molar-refractivity contribution in [3.63, 3.8) is 0 Å². The fourth-order valence-electron chi connectivity index (χ4n) is 4.44. The lowest BCUT2D eigenvalue weighted by Gasteiger charge is -2.41. The third-order valence-corrected chi connectivity index (χ3v) is 6.36. The van der Waals surface area contributed by atoms with E-state index in [1.54, 1.807) is 38.1 Å². The minimum Gasteiger partial charge on any atom is -0.496 e. The highest BCUT2D eigenvalue weighted by atomic mass is 19.4. The van der Waals surface area contributed by atoms with Crippen molar-refractivity contribution in [1.29, 1.82) is 0 Å². The topological polar surface area (TPSA) is 76.1 Å². The fourth-order valence-corrected chi connectivity index (χ4v) is 4.44. The number of hydrogen-bond acceptors (Lipinski definition) is 7. The molecule has 3 aromatic rings. The number of ether oxygens (including phenoxy) is 5. The van der Waals surface area contributed by atoms with Gasteiger partial charge in [-0.1, -0.05) is 36.4 Å². The Labute approximate surface area is 206 Å². The van der Waals surface area contributed by atoms with Crippen molar-refractivity contribution in [2.75, 3.05) is 21.3 Å². The predicted molar refractivity (Wildman–Crippen MR) is 124 cm³/mol. The first kappa shape index (κ1) is 25.6.